The summed E-state index contributed by atoms with van der Waals surface area (Å²) in [7, 11) is 0. The molecule has 2 aliphatic heterocycles. The molecule has 2 aliphatic rings. The average Bonchev–Trinajstić information content (AvgIpc) is 3.30. The van der Waals surface area contributed by atoms with Crippen LogP contribution < -0.4 is 0 Å². The van der Waals surface area contributed by atoms with Crippen LogP contribution in [0.2, 0.25) is 0 Å². The molecule has 1 fully saturated rings. The van der Waals surface area contributed by atoms with Crippen LogP contribution in [0.3, 0.4) is 0 Å². The van der Waals surface area contributed by atoms with Crippen molar-refractivity contribution in [2.24, 2.45) is 0 Å². The molecule has 0 bridgehead atoms. The fraction of sp³-hybridized carbons (Fsp3) is 0.471. The maximum Gasteiger partial charge on any atom is 0.257 e. The van der Waals surface area contributed by atoms with Gasteiger partial charge in [-0.1, -0.05) is 0 Å². The zero-order valence-electron chi connectivity index (χ0n) is 13.5. The van der Waals surface area contributed by atoms with Crippen LogP contribution in [0, 0.1) is 0 Å². The molecule has 2 aromatic heterocycles. The first-order chi connectivity index (χ1) is 11.7. The Bertz CT molecular complexity index is 742. The van der Waals surface area contributed by atoms with E-state index in [4.69, 9.17) is 4.42 Å². The van der Waals surface area contributed by atoms with Gasteiger partial charge in [0.05, 0.1) is 29.3 Å². The monoisotopic (exact) mass is 328 g/mol. The third kappa shape index (κ3) is 2.60. The molecule has 0 N–H and O–H groups in total. The SMILES string of the molecule is O=C(c1ccoc1)N1CCN(C(=O)c2cnn3c2CCCC3)CC1. The molecular weight excluding hydrogens is 308 g/mol. The second-order valence-corrected chi connectivity index (χ2v) is 6.28. The predicted molar refractivity (Wildman–Crippen MR) is 85.7 cm³/mol. The molecule has 4 rings (SSSR count). The molecule has 0 saturated carbocycles. The van der Waals surface area contributed by atoms with E-state index in [-0.39, 0.29) is 11.8 Å². The number of furan rings is 1. The third-order valence-electron chi connectivity index (χ3n) is 4.83. The first-order valence-corrected chi connectivity index (χ1v) is 8.39. The molecule has 0 spiro atoms. The van der Waals surface area contributed by atoms with Crippen LogP contribution in [-0.4, -0.2) is 57.6 Å². The van der Waals surface area contributed by atoms with Gasteiger partial charge in [-0.2, -0.15) is 5.10 Å². The number of aromatic nitrogens is 2. The Morgan fingerprint density at radius 3 is 2.46 bits per heavy atom. The average molecular weight is 328 g/mol. The molecule has 24 heavy (non-hydrogen) atoms. The number of hydrogen-bond donors (Lipinski definition) is 0. The van der Waals surface area contributed by atoms with E-state index < -0.39 is 0 Å². The number of carbonyl (C=O) groups excluding carboxylic acids is 2. The topological polar surface area (TPSA) is 71.6 Å². The second-order valence-electron chi connectivity index (χ2n) is 6.28. The minimum atomic E-state index is -0.0428. The van der Waals surface area contributed by atoms with Crippen LogP contribution in [0.1, 0.15) is 39.3 Å². The molecule has 2 aromatic rings. The van der Waals surface area contributed by atoms with Crippen molar-refractivity contribution in [3.8, 4) is 0 Å². The molecule has 1 saturated heterocycles. The zero-order valence-corrected chi connectivity index (χ0v) is 13.5. The number of carbonyl (C=O) groups is 2. The van der Waals surface area contributed by atoms with Crippen LogP contribution in [-0.2, 0) is 13.0 Å². The van der Waals surface area contributed by atoms with Gasteiger partial charge in [-0.15, -0.1) is 0 Å². The number of aryl methyl sites for hydroxylation is 1. The lowest BCUT2D eigenvalue weighted by Crippen LogP contribution is -2.50. The molecular formula is C17H20N4O3. The zero-order chi connectivity index (χ0) is 16.5. The minimum absolute atomic E-state index is 0.0357. The van der Waals surface area contributed by atoms with Gasteiger partial charge in [-0.25, -0.2) is 0 Å². The van der Waals surface area contributed by atoms with Crippen molar-refractivity contribution in [2.45, 2.75) is 25.8 Å². The fourth-order valence-corrected chi connectivity index (χ4v) is 3.45. The van der Waals surface area contributed by atoms with Crippen molar-refractivity contribution >= 4 is 11.8 Å². The number of rotatable bonds is 2. The summed E-state index contributed by atoms with van der Waals surface area (Å²) in [5.41, 5.74) is 2.34. The van der Waals surface area contributed by atoms with Crippen molar-refractivity contribution in [1.82, 2.24) is 19.6 Å². The quantitative estimate of drug-likeness (QED) is 0.836. The van der Waals surface area contributed by atoms with Gasteiger partial charge in [0.15, 0.2) is 0 Å². The van der Waals surface area contributed by atoms with Gasteiger partial charge in [-0.05, 0) is 25.3 Å². The second kappa shape index (κ2) is 6.14. The molecule has 7 nitrogen and oxygen atoms in total. The highest BCUT2D eigenvalue weighted by molar-refractivity contribution is 5.96. The molecule has 4 heterocycles. The van der Waals surface area contributed by atoms with Gasteiger partial charge in [0.25, 0.3) is 11.8 Å². The number of fused-ring (bicyclic) bond motifs is 1. The first kappa shape index (κ1) is 15.0. The number of hydrogen-bond acceptors (Lipinski definition) is 4. The van der Waals surface area contributed by atoms with E-state index in [9.17, 15) is 9.59 Å². The smallest absolute Gasteiger partial charge is 0.257 e. The normalized spacial score (nSPS) is 17.7. The summed E-state index contributed by atoms with van der Waals surface area (Å²) >= 11 is 0. The summed E-state index contributed by atoms with van der Waals surface area (Å²) in [6.07, 6.45) is 7.80. The lowest BCUT2D eigenvalue weighted by atomic mass is 10.1. The van der Waals surface area contributed by atoms with Crippen LogP contribution in [0.25, 0.3) is 0 Å². The number of piperazine rings is 1. The molecule has 2 amide bonds. The van der Waals surface area contributed by atoms with Crippen molar-refractivity contribution in [2.75, 3.05) is 26.2 Å². The predicted octanol–water partition coefficient (Wildman–Crippen LogP) is 1.41. The van der Waals surface area contributed by atoms with E-state index >= 15 is 0 Å². The summed E-state index contributed by atoms with van der Waals surface area (Å²) in [6.45, 7) is 3.08. The Morgan fingerprint density at radius 1 is 1.00 bits per heavy atom. The molecule has 0 aliphatic carbocycles. The van der Waals surface area contributed by atoms with E-state index in [1.54, 1.807) is 17.2 Å². The van der Waals surface area contributed by atoms with Crippen molar-refractivity contribution in [1.29, 1.82) is 0 Å². The fourth-order valence-electron chi connectivity index (χ4n) is 3.45. The van der Waals surface area contributed by atoms with Gasteiger partial charge >= 0.3 is 0 Å². The summed E-state index contributed by atoms with van der Waals surface area (Å²) < 4.78 is 6.92. The summed E-state index contributed by atoms with van der Waals surface area (Å²) in [5.74, 6) is -0.00711. The van der Waals surface area contributed by atoms with E-state index in [2.05, 4.69) is 5.10 Å². The Labute approximate surface area is 139 Å². The third-order valence-corrected chi connectivity index (χ3v) is 4.83. The highest BCUT2D eigenvalue weighted by atomic mass is 16.3. The van der Waals surface area contributed by atoms with E-state index in [1.807, 2.05) is 9.58 Å². The van der Waals surface area contributed by atoms with Crippen LogP contribution in [0.15, 0.2) is 29.2 Å². The van der Waals surface area contributed by atoms with E-state index in [0.717, 1.165) is 37.1 Å². The summed E-state index contributed by atoms with van der Waals surface area (Å²) in [5, 5.41) is 4.34. The van der Waals surface area contributed by atoms with Gasteiger partial charge in [0.2, 0.25) is 0 Å². The Balaban J connectivity index is 1.41. The van der Waals surface area contributed by atoms with Crippen LogP contribution in [0.4, 0.5) is 0 Å². The van der Waals surface area contributed by atoms with E-state index in [0.29, 0.717) is 31.7 Å². The van der Waals surface area contributed by atoms with Crippen molar-refractivity contribution in [3.63, 3.8) is 0 Å². The van der Waals surface area contributed by atoms with Gasteiger partial charge in [0.1, 0.15) is 6.26 Å². The maximum atomic E-state index is 12.8. The number of nitrogens with zero attached hydrogens (tertiary/aromatic N) is 4. The largest absolute Gasteiger partial charge is 0.472 e. The van der Waals surface area contributed by atoms with Crippen molar-refractivity contribution in [3.05, 3.63) is 41.6 Å². The molecule has 0 aromatic carbocycles. The van der Waals surface area contributed by atoms with Gasteiger partial charge in [0, 0.05) is 32.7 Å². The Kier molecular flexibility index (Phi) is 3.84. The molecule has 7 heteroatoms. The minimum Gasteiger partial charge on any atom is -0.472 e. The Morgan fingerprint density at radius 2 is 1.75 bits per heavy atom. The maximum absolute atomic E-state index is 12.8. The molecule has 126 valence electrons. The van der Waals surface area contributed by atoms with Crippen molar-refractivity contribution < 1.29 is 14.0 Å². The van der Waals surface area contributed by atoms with Crippen LogP contribution in [0.5, 0.6) is 0 Å². The highest BCUT2D eigenvalue weighted by Gasteiger charge is 2.28. The molecule has 0 unspecified atom stereocenters. The van der Waals surface area contributed by atoms with Gasteiger partial charge in [-0.3, -0.25) is 14.3 Å². The lowest BCUT2D eigenvalue weighted by Gasteiger charge is -2.34. The summed E-state index contributed by atoms with van der Waals surface area (Å²) in [6, 6.07) is 1.67. The Hall–Kier alpha value is -2.57. The highest BCUT2D eigenvalue weighted by Crippen LogP contribution is 2.20. The first-order valence-electron chi connectivity index (χ1n) is 8.39. The van der Waals surface area contributed by atoms with E-state index in [1.165, 1.54) is 12.5 Å². The standard InChI is InChI=1S/C17H20N4O3/c22-16(13-4-10-24-12-13)19-6-8-20(9-7-19)17(23)14-11-18-21-5-2-1-3-15(14)21/h4,10-12H,1-3,5-9H2. The van der Waals surface area contributed by atoms with Crippen LogP contribution >= 0.6 is 0 Å². The summed E-state index contributed by atoms with van der Waals surface area (Å²) in [4.78, 5) is 28.7. The molecule has 0 radical (unpaired) electrons. The molecule has 0 atom stereocenters. The number of amides is 2. The lowest BCUT2D eigenvalue weighted by molar-refractivity contribution is 0.0534. The van der Waals surface area contributed by atoms with Gasteiger partial charge < -0.3 is 14.2 Å².